The number of carbonyl (C=O) groups excluding carboxylic acids is 2. The summed E-state index contributed by atoms with van der Waals surface area (Å²) in [5.41, 5.74) is 1.58. The first-order chi connectivity index (χ1) is 24.9. The van der Waals surface area contributed by atoms with E-state index in [0.717, 1.165) is 21.5 Å². The summed E-state index contributed by atoms with van der Waals surface area (Å²) in [5.74, 6) is -1.65. The van der Waals surface area contributed by atoms with Crippen LogP contribution in [0.15, 0.2) is 173 Å². The Morgan fingerprint density at radius 1 is 0.784 bits per heavy atom. The molecule has 0 fully saturated rings. The zero-order valence-corrected chi connectivity index (χ0v) is 28.8. The van der Waals surface area contributed by atoms with Crippen LogP contribution in [0, 0.1) is 10.1 Å². The predicted molar refractivity (Wildman–Crippen MR) is 199 cm³/mol. The van der Waals surface area contributed by atoms with E-state index in [9.17, 15) is 19.7 Å². The molecule has 7 rings (SSSR count). The molecule has 2 atom stereocenters. The van der Waals surface area contributed by atoms with Crippen molar-refractivity contribution in [2.45, 2.75) is 31.6 Å². The van der Waals surface area contributed by atoms with Gasteiger partial charge < -0.3 is 9.47 Å². The molecule has 254 valence electrons. The predicted octanol–water partition coefficient (Wildman–Crippen LogP) is 8.06. The lowest BCUT2D eigenvalue weighted by atomic mass is 9.73. The van der Waals surface area contributed by atoms with Crippen molar-refractivity contribution in [3.63, 3.8) is 0 Å². The van der Waals surface area contributed by atoms with E-state index < -0.39 is 23.9 Å². The van der Waals surface area contributed by atoms with Gasteiger partial charge in [-0.25, -0.2) is 9.54 Å². The molecule has 2 aliphatic rings. The highest BCUT2D eigenvalue weighted by Gasteiger charge is 2.45. The molecule has 2 unspecified atom stereocenters. The van der Waals surface area contributed by atoms with Gasteiger partial charge in [-0.2, -0.15) is 0 Å². The van der Waals surface area contributed by atoms with Crippen molar-refractivity contribution in [3.05, 3.63) is 190 Å². The van der Waals surface area contributed by atoms with Gasteiger partial charge in [-0.05, 0) is 24.0 Å². The van der Waals surface area contributed by atoms with Crippen molar-refractivity contribution in [1.82, 2.24) is 0 Å². The first kappa shape index (κ1) is 33.6. The Morgan fingerprint density at radius 3 is 1.84 bits per heavy atom. The van der Waals surface area contributed by atoms with E-state index in [1.54, 1.807) is 19.1 Å². The van der Waals surface area contributed by atoms with Crippen molar-refractivity contribution in [2.75, 3.05) is 6.61 Å². The van der Waals surface area contributed by atoms with Crippen molar-refractivity contribution in [3.8, 4) is 0 Å². The van der Waals surface area contributed by atoms with Crippen LogP contribution in [-0.4, -0.2) is 23.3 Å². The Hall–Kier alpha value is -5.85. The zero-order valence-electron chi connectivity index (χ0n) is 27.9. The fourth-order valence-corrected chi connectivity index (χ4v) is 10.5. The van der Waals surface area contributed by atoms with Crippen LogP contribution >= 0.6 is 7.05 Å². The van der Waals surface area contributed by atoms with Gasteiger partial charge in [0.05, 0.1) is 24.5 Å². The highest BCUT2D eigenvalue weighted by molar-refractivity contribution is 7.87. The number of nitrogens with zero attached hydrogens (tertiary/aromatic N) is 2. The second-order valence-electron chi connectivity index (χ2n) is 12.3. The van der Waals surface area contributed by atoms with E-state index in [2.05, 4.69) is 0 Å². The van der Waals surface area contributed by atoms with Crippen LogP contribution in [0.1, 0.15) is 42.7 Å². The van der Waals surface area contributed by atoms with Crippen molar-refractivity contribution in [2.24, 2.45) is 4.74 Å². The number of non-ortho nitro benzene ring substituents is 1. The summed E-state index contributed by atoms with van der Waals surface area (Å²) in [6, 6.07) is 45.7. The van der Waals surface area contributed by atoms with E-state index in [1.165, 1.54) is 12.1 Å². The van der Waals surface area contributed by atoms with Crippen molar-refractivity contribution in [1.29, 1.82) is 0 Å². The molecule has 0 amide bonds. The second-order valence-corrected chi connectivity index (χ2v) is 15.4. The van der Waals surface area contributed by atoms with Crippen LogP contribution in [0.4, 0.5) is 5.69 Å². The Balaban J connectivity index is 1.58. The van der Waals surface area contributed by atoms with Gasteiger partial charge in [0.15, 0.2) is 5.78 Å². The molecule has 5 aromatic rings. The highest BCUT2D eigenvalue weighted by atomic mass is 31.2. The van der Waals surface area contributed by atoms with Gasteiger partial charge >= 0.3 is 5.97 Å². The Morgan fingerprint density at radius 2 is 1.31 bits per heavy atom. The molecule has 0 aromatic heterocycles. The van der Waals surface area contributed by atoms with E-state index in [-0.39, 0.29) is 41.9 Å². The Kier molecular flexibility index (Phi) is 9.60. The average Bonchev–Trinajstić information content (AvgIpc) is 3.17. The first-order valence-electron chi connectivity index (χ1n) is 16.8. The average molecular weight is 695 g/mol. The number of Topliss-reactive ketones (excluding diaryl/α,β-unsaturated/α-hetero) is 1. The lowest BCUT2D eigenvalue weighted by Gasteiger charge is -2.36. The topological polar surface area (TPSA) is 108 Å². The van der Waals surface area contributed by atoms with E-state index >= 15 is 0 Å². The summed E-state index contributed by atoms with van der Waals surface area (Å²) in [4.78, 5) is 40.1. The molecule has 1 aliphatic carbocycles. The van der Waals surface area contributed by atoms with Gasteiger partial charge in [0.25, 0.3) is 5.69 Å². The molecular weight excluding hydrogens is 659 g/mol. The number of ketones is 1. The lowest BCUT2D eigenvalue weighted by molar-refractivity contribution is -0.384. The third-order valence-electron chi connectivity index (χ3n) is 9.30. The van der Waals surface area contributed by atoms with E-state index in [0.29, 0.717) is 23.3 Å². The van der Waals surface area contributed by atoms with Gasteiger partial charge in [0.2, 0.25) is 5.88 Å². The number of hydrogen-bond donors (Lipinski definition) is 0. The van der Waals surface area contributed by atoms with Crippen molar-refractivity contribution < 1.29 is 24.0 Å². The summed E-state index contributed by atoms with van der Waals surface area (Å²) in [6.07, 6.45) is 0.564. The number of hydrogen-bond acceptors (Lipinski definition) is 7. The molecule has 0 saturated heterocycles. The third kappa shape index (κ3) is 6.46. The van der Waals surface area contributed by atoms with Crippen LogP contribution in [0.5, 0.6) is 0 Å². The summed E-state index contributed by atoms with van der Waals surface area (Å²) in [5, 5.41) is 14.8. The minimum absolute atomic E-state index is 0.0368. The van der Waals surface area contributed by atoms with E-state index in [1.807, 2.05) is 121 Å². The molecule has 9 heteroatoms. The number of allylic oxidation sites excluding steroid dienone is 2. The van der Waals surface area contributed by atoms with Gasteiger partial charge in [-0.3, -0.25) is 14.9 Å². The molecule has 1 heterocycles. The molecule has 0 N–H and O–H groups in total. The van der Waals surface area contributed by atoms with Crippen LogP contribution in [-0.2, 0) is 19.1 Å². The molecule has 1 aliphatic heterocycles. The second kappa shape index (κ2) is 14.6. The maximum Gasteiger partial charge on any atom is 0.340 e. The smallest absolute Gasteiger partial charge is 0.340 e. The number of rotatable bonds is 9. The van der Waals surface area contributed by atoms with Gasteiger partial charge in [-0.15, -0.1) is 0 Å². The molecule has 0 saturated carbocycles. The highest BCUT2D eigenvalue weighted by Crippen LogP contribution is 2.53. The number of nitro benzene ring substituents is 1. The largest absolute Gasteiger partial charge is 0.462 e. The maximum absolute atomic E-state index is 14.3. The standard InChI is InChI=1S/C42H35N2O6P/c1-2-49-42(46)40-38(30-18-15-19-32(26-30)44(47)48)39-36(45)27-31(29-16-7-3-8-17-29)28-37(39)50-41(40)43-51(33-20-9-4-10-21-33,34-22-11-5-12-23-34)35-24-13-6-14-25-35/h3-26,31,38H,2,27-28H2,1H3. The van der Waals surface area contributed by atoms with E-state index in [4.69, 9.17) is 14.2 Å². The SMILES string of the molecule is CCOC(=O)C1=C(N=P(c2ccccc2)(c2ccccc2)c2ccccc2)OC2=C(C(=O)CC(c3ccccc3)C2)C1c1cccc([N+](=O)[O-])c1. The number of esters is 1. The van der Waals surface area contributed by atoms with Crippen molar-refractivity contribution >= 4 is 40.4 Å². The summed E-state index contributed by atoms with van der Waals surface area (Å²) in [7, 11) is -2.98. The summed E-state index contributed by atoms with van der Waals surface area (Å²) >= 11 is 0. The Labute approximate surface area is 296 Å². The van der Waals surface area contributed by atoms with Crippen LogP contribution in [0.2, 0.25) is 0 Å². The quantitative estimate of drug-likeness (QED) is 0.0669. The van der Waals surface area contributed by atoms with Gasteiger partial charge in [-0.1, -0.05) is 133 Å². The minimum atomic E-state index is -2.98. The number of benzene rings is 5. The Bertz CT molecular complexity index is 2110. The van der Waals surface area contributed by atoms with Gasteiger partial charge in [0, 0.05) is 46.5 Å². The van der Waals surface area contributed by atoms with Crippen LogP contribution < -0.4 is 15.9 Å². The summed E-state index contributed by atoms with van der Waals surface area (Å²) < 4.78 is 18.1. The molecule has 51 heavy (non-hydrogen) atoms. The van der Waals surface area contributed by atoms with Crippen LogP contribution in [0.25, 0.3) is 0 Å². The first-order valence-corrected chi connectivity index (χ1v) is 18.6. The fourth-order valence-electron chi connectivity index (χ4n) is 7.04. The monoisotopic (exact) mass is 694 g/mol. The molecule has 0 spiro atoms. The number of nitro groups is 1. The lowest BCUT2D eigenvalue weighted by Crippen LogP contribution is -2.32. The molecule has 8 nitrogen and oxygen atoms in total. The third-order valence-corrected chi connectivity index (χ3v) is 12.9. The minimum Gasteiger partial charge on any atom is -0.462 e. The molecule has 0 radical (unpaired) electrons. The number of ether oxygens (including phenoxy) is 2. The molecular formula is C42H35N2O6P. The van der Waals surface area contributed by atoms with Crippen LogP contribution in [0.3, 0.4) is 0 Å². The number of carbonyl (C=O) groups is 2. The normalized spacial score (nSPS) is 17.3. The van der Waals surface area contributed by atoms with Gasteiger partial charge in [0.1, 0.15) is 11.3 Å². The fraction of sp³-hybridized carbons (Fsp3) is 0.143. The zero-order chi connectivity index (χ0) is 35.4. The molecule has 0 bridgehead atoms. The summed E-state index contributed by atoms with van der Waals surface area (Å²) in [6.45, 7) is 1.76. The molecule has 5 aromatic carbocycles. The maximum atomic E-state index is 14.3.